The number of anilines is 1. The number of hydrogen-bond acceptors (Lipinski definition) is 6. The van der Waals surface area contributed by atoms with Crippen molar-refractivity contribution < 1.29 is 14.6 Å². The Kier molecular flexibility index (Phi) is 5.07. The highest BCUT2D eigenvalue weighted by molar-refractivity contribution is 8.27. The number of nitrogens with zero attached hydrogens (tertiary/aromatic N) is 2. The Morgan fingerprint density at radius 2 is 2.25 bits per heavy atom. The molecule has 1 aromatic carbocycles. The molecule has 8 heteroatoms. The number of rotatable bonds is 4. The van der Waals surface area contributed by atoms with E-state index < -0.39 is 5.97 Å². The van der Waals surface area contributed by atoms with Crippen molar-refractivity contribution in [1.29, 1.82) is 0 Å². The topological polar surface area (TPSA) is 53.0 Å². The molecule has 1 saturated heterocycles. The number of fused-ring (bicyclic) bond motifs is 1. The molecule has 2 aliphatic heterocycles. The maximum atomic E-state index is 10.8. The maximum Gasteiger partial charge on any atom is 0.305 e. The molecule has 0 aliphatic carbocycles. The van der Waals surface area contributed by atoms with Crippen LogP contribution in [0.2, 0.25) is 0 Å². The zero-order chi connectivity index (χ0) is 17.3. The Morgan fingerprint density at radius 1 is 1.46 bits per heavy atom. The average molecular weight is 381 g/mol. The van der Waals surface area contributed by atoms with Gasteiger partial charge in [-0.05, 0) is 23.8 Å². The Labute approximate surface area is 155 Å². The maximum absolute atomic E-state index is 10.8. The molecule has 0 radical (unpaired) electrons. The summed E-state index contributed by atoms with van der Waals surface area (Å²) in [6.45, 7) is 1.85. The quantitative estimate of drug-likeness (QED) is 0.632. The Hall–Kier alpha value is -1.64. The molecule has 0 atom stereocenters. The molecule has 0 saturated carbocycles. The molecule has 1 aromatic rings. The number of carboxylic acid groups (broad SMARTS) is 1. The van der Waals surface area contributed by atoms with Crippen molar-refractivity contribution in [2.45, 2.75) is 6.42 Å². The van der Waals surface area contributed by atoms with Crippen LogP contribution in [0.4, 0.5) is 5.69 Å². The zero-order valence-corrected chi connectivity index (χ0v) is 15.5. The fraction of sp³-hybridized carbons (Fsp3) is 0.312. The van der Waals surface area contributed by atoms with Gasteiger partial charge < -0.3 is 19.6 Å². The third kappa shape index (κ3) is 3.55. The molecule has 1 fully saturated rings. The summed E-state index contributed by atoms with van der Waals surface area (Å²) in [7, 11) is 2.04. The lowest BCUT2D eigenvalue weighted by Crippen LogP contribution is -2.29. The third-order valence-electron chi connectivity index (χ3n) is 3.80. The summed E-state index contributed by atoms with van der Waals surface area (Å²) >= 11 is 12.2. The van der Waals surface area contributed by atoms with E-state index in [2.05, 4.69) is 4.90 Å². The van der Waals surface area contributed by atoms with E-state index >= 15 is 0 Å². The largest absolute Gasteiger partial charge is 0.490 e. The lowest BCUT2D eigenvalue weighted by molar-refractivity contribution is -0.137. The van der Waals surface area contributed by atoms with Gasteiger partial charge in [-0.25, -0.2) is 0 Å². The van der Waals surface area contributed by atoms with Gasteiger partial charge >= 0.3 is 5.97 Å². The van der Waals surface area contributed by atoms with Gasteiger partial charge in [-0.15, -0.1) is 0 Å². The summed E-state index contributed by atoms with van der Waals surface area (Å²) in [5.74, 6) is -0.00342. The van der Waals surface area contributed by atoms with Gasteiger partial charge in [-0.2, -0.15) is 0 Å². The fourth-order valence-corrected chi connectivity index (χ4v) is 4.32. The molecular formula is C16H16N2O3S3. The summed E-state index contributed by atoms with van der Waals surface area (Å²) in [6.07, 6.45) is 1.98. The van der Waals surface area contributed by atoms with Gasteiger partial charge in [0.25, 0.3) is 0 Å². The number of hydrogen-bond donors (Lipinski definition) is 1. The van der Waals surface area contributed by atoms with E-state index in [-0.39, 0.29) is 6.42 Å². The molecule has 0 bridgehead atoms. The van der Waals surface area contributed by atoms with Crippen LogP contribution in [-0.2, 0) is 4.79 Å². The molecule has 0 amide bonds. The second-order valence-corrected chi connectivity index (χ2v) is 7.54. The van der Waals surface area contributed by atoms with Crippen molar-refractivity contribution in [1.82, 2.24) is 4.90 Å². The van der Waals surface area contributed by atoms with Crippen molar-refractivity contribution in [3.05, 3.63) is 28.7 Å². The first kappa shape index (κ1) is 17.2. The van der Waals surface area contributed by atoms with Crippen molar-refractivity contribution >= 4 is 63.2 Å². The molecule has 24 heavy (non-hydrogen) atoms. The molecule has 2 aliphatic rings. The van der Waals surface area contributed by atoms with Crippen LogP contribution in [0.3, 0.4) is 0 Å². The molecule has 3 rings (SSSR count). The van der Waals surface area contributed by atoms with Crippen molar-refractivity contribution in [2.75, 3.05) is 31.6 Å². The number of thiocarbonyl (C=S) groups is 2. The summed E-state index contributed by atoms with van der Waals surface area (Å²) in [6, 6.07) is 6.04. The van der Waals surface area contributed by atoms with E-state index in [4.69, 9.17) is 34.3 Å². The Balaban J connectivity index is 1.80. The van der Waals surface area contributed by atoms with Gasteiger partial charge in [0.05, 0.1) is 23.6 Å². The van der Waals surface area contributed by atoms with Crippen LogP contribution >= 0.6 is 36.2 Å². The first-order chi connectivity index (χ1) is 11.5. The SMILES string of the molecule is CN1CCOc2cc(/C=C3\SC(=S)N(CCC(=O)O)C3=S)ccc21. The predicted octanol–water partition coefficient (Wildman–Crippen LogP) is 2.99. The normalized spacial score (nSPS) is 18.8. The fourth-order valence-electron chi connectivity index (χ4n) is 2.52. The van der Waals surface area contributed by atoms with Crippen molar-refractivity contribution in [3.63, 3.8) is 0 Å². The highest BCUT2D eigenvalue weighted by atomic mass is 32.2. The van der Waals surface area contributed by atoms with Gasteiger partial charge in [0.1, 0.15) is 21.7 Å². The summed E-state index contributed by atoms with van der Waals surface area (Å²) in [5.41, 5.74) is 2.06. The third-order valence-corrected chi connectivity index (χ3v) is 5.77. The van der Waals surface area contributed by atoms with Gasteiger partial charge in [0.15, 0.2) is 0 Å². The monoisotopic (exact) mass is 380 g/mol. The van der Waals surface area contributed by atoms with Gasteiger partial charge in [0.2, 0.25) is 0 Å². The lowest BCUT2D eigenvalue weighted by atomic mass is 10.1. The van der Waals surface area contributed by atoms with Crippen LogP contribution in [0, 0.1) is 0 Å². The van der Waals surface area contributed by atoms with E-state index in [0.29, 0.717) is 22.5 Å². The van der Waals surface area contributed by atoms with Crippen LogP contribution in [0.1, 0.15) is 12.0 Å². The average Bonchev–Trinajstić information content (AvgIpc) is 2.79. The van der Waals surface area contributed by atoms with Gasteiger partial charge in [-0.3, -0.25) is 4.79 Å². The first-order valence-corrected chi connectivity index (χ1v) is 9.04. The van der Waals surface area contributed by atoms with E-state index in [1.807, 2.05) is 31.3 Å². The van der Waals surface area contributed by atoms with E-state index in [0.717, 1.165) is 28.5 Å². The minimum Gasteiger partial charge on any atom is -0.490 e. The number of likely N-dealkylation sites (N-methyl/N-ethyl adjacent to an activating group) is 1. The summed E-state index contributed by atoms with van der Waals surface area (Å²) in [4.78, 5) is 16.1. The first-order valence-electron chi connectivity index (χ1n) is 7.41. The van der Waals surface area contributed by atoms with Crippen LogP contribution in [0.15, 0.2) is 23.1 Å². The number of aliphatic carboxylic acids is 1. The van der Waals surface area contributed by atoms with Crippen LogP contribution in [0.25, 0.3) is 6.08 Å². The summed E-state index contributed by atoms with van der Waals surface area (Å²) in [5, 5.41) is 8.83. The Morgan fingerprint density at radius 3 is 3.00 bits per heavy atom. The molecule has 0 aromatic heterocycles. The van der Waals surface area contributed by atoms with Gasteiger partial charge in [0, 0.05) is 13.6 Å². The molecule has 2 heterocycles. The molecule has 126 valence electrons. The lowest BCUT2D eigenvalue weighted by Gasteiger charge is -2.27. The number of ether oxygens (including phenoxy) is 1. The van der Waals surface area contributed by atoms with E-state index in [9.17, 15) is 4.79 Å². The zero-order valence-electron chi connectivity index (χ0n) is 13.0. The number of carboxylic acids is 1. The number of thioether (sulfide) groups is 1. The van der Waals surface area contributed by atoms with Crippen molar-refractivity contribution in [3.8, 4) is 5.75 Å². The highest BCUT2D eigenvalue weighted by Gasteiger charge is 2.28. The van der Waals surface area contributed by atoms with Crippen molar-refractivity contribution in [2.24, 2.45) is 0 Å². The predicted molar refractivity (Wildman–Crippen MR) is 105 cm³/mol. The minimum atomic E-state index is -0.862. The molecule has 0 spiro atoms. The van der Waals surface area contributed by atoms with Crippen LogP contribution < -0.4 is 9.64 Å². The molecule has 5 nitrogen and oxygen atoms in total. The highest BCUT2D eigenvalue weighted by Crippen LogP contribution is 2.36. The standard InChI is InChI=1S/C16H16N2O3S3/c1-17-6-7-21-12-8-10(2-3-11(12)17)9-13-15(22)18(16(23)24-13)5-4-14(19)20/h2-3,8-9H,4-7H2,1H3,(H,19,20)/b13-9-. The second kappa shape index (κ2) is 7.08. The number of benzene rings is 1. The van der Waals surface area contributed by atoms with E-state index in [1.54, 1.807) is 4.90 Å². The minimum absolute atomic E-state index is 0.00708. The Bertz CT molecular complexity index is 748. The second-order valence-electron chi connectivity index (χ2n) is 5.47. The molecule has 0 unspecified atom stereocenters. The van der Waals surface area contributed by atoms with Gasteiger partial charge in [-0.1, -0.05) is 42.3 Å². The van der Waals surface area contributed by atoms with Crippen LogP contribution in [-0.4, -0.2) is 52.0 Å². The summed E-state index contributed by atoms with van der Waals surface area (Å²) < 4.78 is 6.32. The molecule has 1 N–H and O–H groups in total. The van der Waals surface area contributed by atoms with Crippen LogP contribution in [0.5, 0.6) is 5.75 Å². The van der Waals surface area contributed by atoms with E-state index in [1.165, 1.54) is 11.8 Å². The number of carbonyl (C=O) groups is 1. The smallest absolute Gasteiger partial charge is 0.305 e. The molecular weight excluding hydrogens is 364 g/mol.